The van der Waals surface area contributed by atoms with Crippen molar-refractivity contribution >= 4 is 27.6 Å². The first-order chi connectivity index (χ1) is 9.61. The van der Waals surface area contributed by atoms with Crippen LogP contribution in [0.15, 0.2) is 21.0 Å². The van der Waals surface area contributed by atoms with E-state index in [2.05, 4.69) is 36.8 Å². The minimum absolute atomic E-state index is 0.0525. The highest BCUT2D eigenvalue weighted by Gasteiger charge is 2.21. The summed E-state index contributed by atoms with van der Waals surface area (Å²) in [5.74, 6) is -0.995. The van der Waals surface area contributed by atoms with Crippen LogP contribution in [0.5, 0.6) is 0 Å². The molecule has 1 heterocycles. The number of nitrogens with one attached hydrogen (secondary N) is 2. The number of hydrogen-bond acceptors (Lipinski definition) is 5. The fraction of sp³-hybridized carbons (Fsp3) is 0.333. The molecule has 0 radical (unpaired) electrons. The van der Waals surface area contributed by atoms with Crippen LogP contribution in [0.2, 0.25) is 0 Å². The number of rotatable bonds is 5. The van der Waals surface area contributed by atoms with Gasteiger partial charge in [-0.15, -0.1) is 5.10 Å². The van der Waals surface area contributed by atoms with E-state index in [-0.39, 0.29) is 16.2 Å². The molecule has 0 amide bonds. The van der Waals surface area contributed by atoms with Crippen LogP contribution in [0.25, 0.3) is 0 Å². The zero-order valence-corrected chi connectivity index (χ0v) is 11.9. The molecule has 0 saturated heterocycles. The molecular formula is C12H11BrF2N4O. The van der Waals surface area contributed by atoms with E-state index in [0.717, 1.165) is 25.0 Å². The van der Waals surface area contributed by atoms with Crippen molar-refractivity contribution in [3.63, 3.8) is 0 Å². The monoisotopic (exact) mass is 344 g/mol. The van der Waals surface area contributed by atoms with E-state index < -0.39 is 11.6 Å². The Labute approximate surface area is 121 Å². The minimum Gasteiger partial charge on any atom is -0.406 e. The van der Waals surface area contributed by atoms with E-state index >= 15 is 0 Å². The van der Waals surface area contributed by atoms with Crippen molar-refractivity contribution in [3.8, 4) is 0 Å². The number of halogens is 3. The van der Waals surface area contributed by atoms with Gasteiger partial charge in [-0.2, -0.15) is 0 Å². The Hall–Kier alpha value is -1.54. The summed E-state index contributed by atoms with van der Waals surface area (Å²) in [5, 5.41) is 13.5. The summed E-state index contributed by atoms with van der Waals surface area (Å²) >= 11 is 3.08. The van der Waals surface area contributed by atoms with Crippen LogP contribution in [0.4, 0.5) is 20.5 Å². The minimum atomic E-state index is -0.743. The molecule has 1 saturated carbocycles. The number of hydrogen-bond donors (Lipinski definition) is 2. The van der Waals surface area contributed by atoms with Gasteiger partial charge in [-0.3, -0.25) is 0 Å². The Morgan fingerprint density at radius 1 is 1.30 bits per heavy atom. The van der Waals surface area contributed by atoms with E-state index in [1.54, 1.807) is 0 Å². The second kappa shape index (κ2) is 5.45. The molecule has 2 N–H and O–H groups in total. The van der Waals surface area contributed by atoms with Crippen molar-refractivity contribution in [2.45, 2.75) is 25.4 Å². The third kappa shape index (κ3) is 3.13. The summed E-state index contributed by atoms with van der Waals surface area (Å²) in [6.45, 7) is 0.479. The third-order valence-corrected chi connectivity index (χ3v) is 3.45. The van der Waals surface area contributed by atoms with Crippen LogP contribution in [0, 0.1) is 11.6 Å². The highest BCUT2D eigenvalue weighted by atomic mass is 79.9. The van der Waals surface area contributed by atoms with E-state index in [0.29, 0.717) is 18.5 Å². The second-order valence-electron chi connectivity index (χ2n) is 4.53. The van der Waals surface area contributed by atoms with Crippen molar-refractivity contribution in [1.82, 2.24) is 15.5 Å². The molecule has 0 aliphatic heterocycles. The van der Waals surface area contributed by atoms with Gasteiger partial charge >= 0.3 is 6.01 Å². The van der Waals surface area contributed by atoms with Gasteiger partial charge in [0.25, 0.3) is 0 Å². The average Bonchev–Trinajstić information content (AvgIpc) is 3.11. The lowest BCUT2D eigenvalue weighted by molar-refractivity contribution is 0.478. The van der Waals surface area contributed by atoms with Crippen molar-refractivity contribution in [2.24, 2.45) is 0 Å². The normalized spacial score (nSPS) is 14.6. The SMILES string of the molecule is Fc1cc(F)c(Nc2nnc(CNC3CC3)o2)c(Br)c1. The Morgan fingerprint density at radius 3 is 2.80 bits per heavy atom. The Kier molecular flexibility index (Phi) is 3.66. The maximum absolute atomic E-state index is 13.6. The second-order valence-corrected chi connectivity index (χ2v) is 5.38. The summed E-state index contributed by atoms with van der Waals surface area (Å²) < 4.78 is 32.2. The van der Waals surface area contributed by atoms with Crippen molar-refractivity contribution in [2.75, 3.05) is 5.32 Å². The van der Waals surface area contributed by atoms with E-state index in [4.69, 9.17) is 4.42 Å². The summed E-state index contributed by atoms with van der Waals surface area (Å²) in [6.07, 6.45) is 2.32. The molecule has 0 atom stereocenters. The van der Waals surface area contributed by atoms with E-state index in [9.17, 15) is 8.78 Å². The summed E-state index contributed by atoms with van der Waals surface area (Å²) in [5.41, 5.74) is 0.0525. The first-order valence-electron chi connectivity index (χ1n) is 6.09. The lowest BCUT2D eigenvalue weighted by Gasteiger charge is -2.05. The molecule has 8 heteroatoms. The fourth-order valence-electron chi connectivity index (χ4n) is 1.66. The molecule has 1 aromatic heterocycles. The van der Waals surface area contributed by atoms with Crippen LogP contribution in [0.1, 0.15) is 18.7 Å². The van der Waals surface area contributed by atoms with Gasteiger partial charge in [-0.25, -0.2) is 8.78 Å². The molecule has 106 valence electrons. The van der Waals surface area contributed by atoms with Gasteiger partial charge in [-0.1, -0.05) is 5.10 Å². The molecule has 2 aromatic rings. The van der Waals surface area contributed by atoms with Gasteiger partial charge in [0.15, 0.2) is 5.82 Å². The van der Waals surface area contributed by atoms with Crippen LogP contribution in [-0.2, 0) is 6.54 Å². The van der Waals surface area contributed by atoms with Crippen LogP contribution in [-0.4, -0.2) is 16.2 Å². The predicted molar refractivity (Wildman–Crippen MR) is 71.5 cm³/mol. The molecule has 20 heavy (non-hydrogen) atoms. The topological polar surface area (TPSA) is 63.0 Å². The zero-order chi connectivity index (χ0) is 14.1. The third-order valence-electron chi connectivity index (χ3n) is 2.82. The van der Waals surface area contributed by atoms with Crippen molar-refractivity contribution in [1.29, 1.82) is 0 Å². The molecule has 1 fully saturated rings. The highest BCUT2D eigenvalue weighted by Crippen LogP contribution is 2.29. The predicted octanol–water partition coefficient (Wildman–Crippen LogP) is 3.11. The smallest absolute Gasteiger partial charge is 0.320 e. The summed E-state index contributed by atoms with van der Waals surface area (Å²) in [7, 11) is 0. The maximum Gasteiger partial charge on any atom is 0.320 e. The van der Waals surface area contributed by atoms with Crippen LogP contribution in [0.3, 0.4) is 0 Å². The summed E-state index contributed by atoms with van der Waals surface area (Å²) in [6, 6.07) is 2.52. The molecule has 1 aliphatic rings. The van der Waals surface area contributed by atoms with Crippen molar-refractivity contribution < 1.29 is 13.2 Å². The molecule has 5 nitrogen and oxygen atoms in total. The number of nitrogens with zero attached hydrogens (tertiary/aromatic N) is 2. The molecule has 1 aromatic carbocycles. The van der Waals surface area contributed by atoms with Gasteiger partial charge in [0.1, 0.15) is 5.82 Å². The molecule has 3 rings (SSSR count). The lowest BCUT2D eigenvalue weighted by atomic mass is 10.3. The van der Waals surface area contributed by atoms with Crippen LogP contribution >= 0.6 is 15.9 Å². The fourth-order valence-corrected chi connectivity index (χ4v) is 2.17. The lowest BCUT2D eigenvalue weighted by Crippen LogP contribution is -2.15. The molecule has 1 aliphatic carbocycles. The standard InChI is InChI=1S/C12H11BrF2N4O/c13-8-3-6(14)4-9(15)11(8)17-12-19-18-10(20-12)5-16-7-1-2-7/h3-4,7,16H,1-2,5H2,(H,17,19). The Morgan fingerprint density at radius 2 is 2.10 bits per heavy atom. The van der Waals surface area contributed by atoms with E-state index in [1.807, 2.05) is 0 Å². The van der Waals surface area contributed by atoms with Gasteiger partial charge in [-0.05, 0) is 34.8 Å². The largest absolute Gasteiger partial charge is 0.406 e. The maximum atomic E-state index is 13.6. The van der Waals surface area contributed by atoms with Gasteiger partial charge in [0.05, 0.1) is 12.2 Å². The highest BCUT2D eigenvalue weighted by molar-refractivity contribution is 9.10. The van der Waals surface area contributed by atoms with Crippen molar-refractivity contribution in [3.05, 3.63) is 34.1 Å². The molecular weight excluding hydrogens is 334 g/mol. The van der Waals surface area contributed by atoms with Gasteiger partial charge in [0.2, 0.25) is 5.89 Å². The Balaban J connectivity index is 1.70. The molecule has 0 unspecified atom stereocenters. The molecule has 0 spiro atoms. The van der Waals surface area contributed by atoms with E-state index in [1.165, 1.54) is 0 Å². The molecule has 0 bridgehead atoms. The number of benzene rings is 1. The average molecular weight is 345 g/mol. The van der Waals surface area contributed by atoms with Gasteiger partial charge < -0.3 is 15.1 Å². The first-order valence-corrected chi connectivity index (χ1v) is 6.88. The quantitative estimate of drug-likeness (QED) is 0.872. The van der Waals surface area contributed by atoms with Gasteiger partial charge in [0, 0.05) is 16.6 Å². The first kappa shape index (κ1) is 13.4. The number of aromatic nitrogens is 2. The zero-order valence-electron chi connectivity index (χ0n) is 10.3. The van der Waals surface area contributed by atoms with Crippen LogP contribution < -0.4 is 10.6 Å². The number of anilines is 2. The summed E-state index contributed by atoms with van der Waals surface area (Å²) in [4.78, 5) is 0. The Bertz CT molecular complexity index is 607.